The lowest BCUT2D eigenvalue weighted by Crippen LogP contribution is -2.13. The Hall–Kier alpha value is -10.8. The van der Waals surface area contributed by atoms with Crippen LogP contribution in [0.2, 0.25) is 0 Å². The van der Waals surface area contributed by atoms with Crippen molar-refractivity contribution in [2.45, 2.75) is 40.5 Å². The predicted molar refractivity (Wildman–Crippen MR) is 380 cm³/mol. The fourth-order valence-electron chi connectivity index (χ4n) is 11.8. The van der Waals surface area contributed by atoms with E-state index in [2.05, 4.69) is 377 Å². The van der Waals surface area contributed by atoms with Crippen molar-refractivity contribution >= 4 is 81.7 Å². The van der Waals surface area contributed by atoms with Gasteiger partial charge in [0.1, 0.15) is 0 Å². The first-order valence-corrected chi connectivity index (χ1v) is 30.7. The average molecular weight is 1130 g/mol. The second-order valence-corrected chi connectivity index (χ2v) is 22.4. The van der Waals surface area contributed by atoms with Crippen molar-refractivity contribution < 1.29 is 0 Å². The van der Waals surface area contributed by atoms with Gasteiger partial charge in [-0.3, -0.25) is 0 Å². The van der Waals surface area contributed by atoms with Crippen LogP contribution in [0.5, 0.6) is 0 Å². The van der Waals surface area contributed by atoms with Gasteiger partial charge < -0.3 is 9.80 Å². The molecule has 426 valence electrons. The first-order chi connectivity index (χ1) is 43.3. The number of aryl methyl sites for hydroxylation is 4. The standard InChI is InChI=1S/C86H72N2/c1-5-71-31-19-21-63(3)85(71)87(81-57-45-69(46-58-81)61-83(75-23-11-7-12-24-75)76-25-13-8-14-26-76)79-53-41-67(42-54-79)35-33-65-37-49-73(50-38-65)74-51-39-66(40-52-74)34-36-68-43-55-80(56-44-68)88(86-64(4)22-20-32-72(86)6-2)82-59-47-70(48-60-82)62-84(77-27-15-9-16-28-77)78-29-17-10-18-30-78/h7-62H,5-6H2,1-4H3/b35-33+,36-34+. The normalized spacial score (nSPS) is 11.2. The molecule has 0 aliphatic heterocycles. The number of para-hydroxylation sites is 2. The minimum absolute atomic E-state index is 0.935. The summed E-state index contributed by atoms with van der Waals surface area (Å²) in [6.07, 6.45) is 15.3. The first kappa shape index (κ1) is 57.6. The molecule has 88 heavy (non-hydrogen) atoms. The smallest absolute Gasteiger partial charge is 0.0522 e. The summed E-state index contributed by atoms with van der Waals surface area (Å²) in [5, 5.41) is 0. The van der Waals surface area contributed by atoms with Crippen molar-refractivity contribution in [1.82, 2.24) is 0 Å². The van der Waals surface area contributed by atoms with E-state index in [0.29, 0.717) is 0 Å². The van der Waals surface area contributed by atoms with E-state index in [1.807, 2.05) is 0 Å². The van der Waals surface area contributed by atoms with Gasteiger partial charge in [0.05, 0.1) is 11.4 Å². The van der Waals surface area contributed by atoms with Crippen LogP contribution in [0.15, 0.2) is 303 Å². The lowest BCUT2D eigenvalue weighted by molar-refractivity contribution is 1.10. The van der Waals surface area contributed by atoms with Gasteiger partial charge >= 0.3 is 0 Å². The summed E-state index contributed by atoms with van der Waals surface area (Å²) in [7, 11) is 0. The predicted octanol–water partition coefficient (Wildman–Crippen LogP) is 23.6. The molecule has 0 spiro atoms. The summed E-state index contributed by atoms with van der Waals surface area (Å²) >= 11 is 0. The van der Waals surface area contributed by atoms with Crippen LogP contribution in [0, 0.1) is 13.8 Å². The molecule has 0 aliphatic rings. The van der Waals surface area contributed by atoms with Gasteiger partial charge in [-0.05, 0) is 188 Å². The van der Waals surface area contributed by atoms with Crippen LogP contribution in [0.1, 0.15) is 91.7 Å². The van der Waals surface area contributed by atoms with Gasteiger partial charge in [-0.25, -0.2) is 0 Å². The van der Waals surface area contributed by atoms with Crippen molar-refractivity contribution in [3.8, 4) is 11.1 Å². The Labute approximate surface area is 521 Å². The summed E-state index contributed by atoms with van der Waals surface area (Å²) in [5.41, 5.74) is 28.5. The highest BCUT2D eigenvalue weighted by Crippen LogP contribution is 2.42. The largest absolute Gasteiger partial charge is 0.310 e. The van der Waals surface area contributed by atoms with Crippen LogP contribution in [0.3, 0.4) is 0 Å². The minimum atomic E-state index is 0.935. The Morgan fingerprint density at radius 1 is 0.261 bits per heavy atom. The number of anilines is 6. The monoisotopic (exact) mass is 1130 g/mol. The van der Waals surface area contributed by atoms with Crippen molar-refractivity contribution in [2.24, 2.45) is 0 Å². The van der Waals surface area contributed by atoms with Gasteiger partial charge in [-0.15, -0.1) is 0 Å². The van der Waals surface area contributed by atoms with Crippen LogP contribution >= 0.6 is 0 Å². The van der Waals surface area contributed by atoms with E-state index < -0.39 is 0 Å². The average Bonchev–Trinajstić information content (AvgIpc) is 2.46. The quantitative estimate of drug-likeness (QED) is 0.0745. The molecule has 0 unspecified atom stereocenters. The molecule has 2 heteroatoms. The lowest BCUT2D eigenvalue weighted by Gasteiger charge is -2.29. The third-order valence-electron chi connectivity index (χ3n) is 16.5. The maximum absolute atomic E-state index is 2.42. The number of rotatable bonds is 19. The van der Waals surface area contributed by atoms with Gasteiger partial charge in [0.15, 0.2) is 0 Å². The summed E-state index contributed by atoms with van der Waals surface area (Å²) < 4.78 is 0. The van der Waals surface area contributed by atoms with Gasteiger partial charge in [0, 0.05) is 22.7 Å². The Bertz CT molecular complexity index is 4000. The van der Waals surface area contributed by atoms with E-state index >= 15 is 0 Å². The van der Waals surface area contributed by atoms with Gasteiger partial charge in [0.2, 0.25) is 0 Å². The molecule has 2 nitrogen and oxygen atoms in total. The zero-order valence-corrected chi connectivity index (χ0v) is 50.6. The van der Waals surface area contributed by atoms with E-state index in [0.717, 1.165) is 69.0 Å². The molecular weight excluding hydrogens is 1060 g/mol. The lowest BCUT2D eigenvalue weighted by atomic mass is 9.95. The SMILES string of the molecule is CCc1cccc(C)c1N(c1ccc(C=C(c2ccccc2)c2ccccc2)cc1)c1ccc(/C=C/c2ccc(-c3ccc(/C=C/c4ccc(N(c5ccc(C=C(c6ccccc6)c6ccccc6)cc5)c5c(C)cccc5CC)cc4)cc3)cc2)cc1. The van der Waals surface area contributed by atoms with E-state index in [1.54, 1.807) is 0 Å². The maximum Gasteiger partial charge on any atom is 0.0522 e. The molecule has 0 aromatic heterocycles. The van der Waals surface area contributed by atoms with Crippen LogP contribution in [0.4, 0.5) is 34.1 Å². The number of hydrogen-bond donors (Lipinski definition) is 0. The summed E-state index contributed by atoms with van der Waals surface area (Å²) in [5.74, 6) is 0. The van der Waals surface area contributed by atoms with E-state index in [-0.39, 0.29) is 0 Å². The van der Waals surface area contributed by atoms with E-state index in [1.165, 1.54) is 78.2 Å². The molecular formula is C86H72N2. The van der Waals surface area contributed by atoms with Crippen LogP contribution in [0.25, 0.3) is 58.7 Å². The first-order valence-electron chi connectivity index (χ1n) is 30.7. The second-order valence-electron chi connectivity index (χ2n) is 22.4. The third-order valence-corrected chi connectivity index (χ3v) is 16.5. The Kier molecular flexibility index (Phi) is 18.0. The molecule has 0 saturated heterocycles. The maximum atomic E-state index is 2.42. The van der Waals surface area contributed by atoms with Crippen LogP contribution in [-0.4, -0.2) is 0 Å². The van der Waals surface area contributed by atoms with Crippen molar-refractivity contribution in [2.75, 3.05) is 9.80 Å². The Balaban J connectivity index is 0.722. The zero-order valence-electron chi connectivity index (χ0n) is 50.6. The molecule has 0 aliphatic carbocycles. The summed E-state index contributed by atoms with van der Waals surface area (Å²) in [4.78, 5) is 4.84. The van der Waals surface area contributed by atoms with E-state index in [4.69, 9.17) is 0 Å². The van der Waals surface area contributed by atoms with Crippen LogP contribution < -0.4 is 9.80 Å². The molecule has 0 fully saturated rings. The highest BCUT2D eigenvalue weighted by Gasteiger charge is 2.20. The topological polar surface area (TPSA) is 6.48 Å². The molecule has 0 N–H and O–H groups in total. The molecule has 0 bridgehead atoms. The van der Waals surface area contributed by atoms with Crippen molar-refractivity contribution in [3.63, 3.8) is 0 Å². The van der Waals surface area contributed by atoms with Gasteiger partial charge in [-0.1, -0.05) is 293 Å². The molecule has 12 aromatic rings. The zero-order chi connectivity index (χ0) is 60.0. The highest BCUT2D eigenvalue weighted by atomic mass is 15.2. The molecule has 0 heterocycles. The Morgan fingerprint density at radius 2 is 0.511 bits per heavy atom. The molecule has 0 radical (unpaired) electrons. The van der Waals surface area contributed by atoms with Crippen LogP contribution in [-0.2, 0) is 12.8 Å². The van der Waals surface area contributed by atoms with Gasteiger partial charge in [-0.2, -0.15) is 0 Å². The molecule has 12 rings (SSSR count). The molecule has 0 atom stereocenters. The molecule has 12 aromatic carbocycles. The molecule has 0 amide bonds. The number of nitrogens with zero attached hydrogens (tertiary/aromatic N) is 2. The van der Waals surface area contributed by atoms with E-state index in [9.17, 15) is 0 Å². The second kappa shape index (κ2) is 27.5. The fraction of sp³-hybridized carbons (Fsp3) is 0.0698. The summed E-state index contributed by atoms with van der Waals surface area (Å²) in [6.45, 7) is 8.92. The van der Waals surface area contributed by atoms with Crippen molar-refractivity contribution in [1.29, 1.82) is 0 Å². The van der Waals surface area contributed by atoms with Crippen molar-refractivity contribution in [3.05, 3.63) is 381 Å². The summed E-state index contributed by atoms with van der Waals surface area (Å²) in [6, 6.07) is 109. The molecule has 0 saturated carbocycles. The third kappa shape index (κ3) is 13.5. The number of hydrogen-bond acceptors (Lipinski definition) is 2. The van der Waals surface area contributed by atoms with Gasteiger partial charge in [0.25, 0.3) is 0 Å². The fourth-order valence-corrected chi connectivity index (χ4v) is 11.8. The minimum Gasteiger partial charge on any atom is -0.310 e. The highest BCUT2D eigenvalue weighted by molar-refractivity contribution is 5.93. The Morgan fingerprint density at radius 3 is 0.773 bits per heavy atom. The number of benzene rings is 12.